The first-order valence-electron chi connectivity index (χ1n) is 12.7. The molecule has 0 spiro atoms. The fourth-order valence-corrected chi connectivity index (χ4v) is 5.78. The maximum Gasteiger partial charge on any atom is 0.302 e. The van der Waals surface area contributed by atoms with E-state index in [1.54, 1.807) is 12.1 Å². The lowest BCUT2D eigenvalue weighted by Gasteiger charge is -2.35. The number of ether oxygens (including phenoxy) is 1. The van der Waals surface area contributed by atoms with E-state index in [1.165, 1.54) is 17.3 Å². The number of nitrogens with zero attached hydrogens (tertiary/aromatic N) is 4. The highest BCUT2D eigenvalue weighted by Crippen LogP contribution is 2.38. The molecule has 0 unspecified atom stereocenters. The number of rotatable bonds is 5. The number of fused-ring (bicyclic) bond motifs is 1. The summed E-state index contributed by atoms with van der Waals surface area (Å²) in [5, 5.41) is 6.32. The van der Waals surface area contributed by atoms with Crippen molar-refractivity contribution in [1.29, 1.82) is 0 Å². The predicted octanol–water partition coefficient (Wildman–Crippen LogP) is 6.90. The monoisotopic (exact) mass is 512 g/mol. The Morgan fingerprint density at radius 1 is 1.08 bits per heavy atom. The molecule has 0 aliphatic carbocycles. The zero-order valence-corrected chi connectivity index (χ0v) is 22.6. The first kappa shape index (κ1) is 25.1. The highest BCUT2D eigenvalue weighted by atomic mass is 32.2. The minimum absolute atomic E-state index is 0.00152. The van der Waals surface area contributed by atoms with Gasteiger partial charge in [0.2, 0.25) is 0 Å². The minimum atomic E-state index is -0.394. The van der Waals surface area contributed by atoms with Crippen molar-refractivity contribution in [3.63, 3.8) is 0 Å². The van der Waals surface area contributed by atoms with Crippen molar-refractivity contribution >= 4 is 39.9 Å². The number of methoxy groups -OCH3 is 1. The normalized spacial score (nSPS) is 17.4. The molecule has 1 amide bonds. The molecule has 0 saturated heterocycles. The van der Waals surface area contributed by atoms with Gasteiger partial charge in [-0.25, -0.2) is 10.0 Å². The van der Waals surface area contributed by atoms with E-state index < -0.39 is 4.75 Å². The summed E-state index contributed by atoms with van der Waals surface area (Å²) in [6.45, 7) is 7.54. The lowest BCUT2D eigenvalue weighted by molar-refractivity contribution is 0.226. The summed E-state index contributed by atoms with van der Waals surface area (Å²) < 4.78 is 4.99. The number of hydrogen-bond donors (Lipinski definition) is 0. The number of aliphatic imine (C=N–C) groups is 1. The van der Waals surface area contributed by atoms with Gasteiger partial charge in [0.15, 0.2) is 0 Å². The average molecular weight is 513 g/mol. The van der Waals surface area contributed by atoms with Crippen LogP contribution in [0.5, 0.6) is 5.75 Å². The Hall–Kier alpha value is -3.58. The highest BCUT2D eigenvalue weighted by Gasteiger charge is 2.37. The van der Waals surface area contributed by atoms with Crippen molar-refractivity contribution in [1.82, 2.24) is 5.01 Å². The van der Waals surface area contributed by atoms with Crippen LogP contribution in [-0.4, -0.2) is 46.7 Å². The van der Waals surface area contributed by atoms with Crippen LogP contribution in [0.25, 0.3) is 0 Å². The summed E-state index contributed by atoms with van der Waals surface area (Å²) in [6.07, 6.45) is 2.00. The number of benzene rings is 3. The number of anilines is 1. The molecular weight excluding hydrogens is 480 g/mol. The number of para-hydroxylation sites is 1. The van der Waals surface area contributed by atoms with Gasteiger partial charge in [0.1, 0.15) is 11.6 Å². The molecule has 0 radical (unpaired) electrons. The molecule has 2 aliphatic rings. The van der Waals surface area contributed by atoms with E-state index in [2.05, 4.69) is 49.1 Å². The molecule has 2 heterocycles. The van der Waals surface area contributed by atoms with Crippen LogP contribution in [0.3, 0.4) is 0 Å². The quantitative estimate of drug-likeness (QED) is 0.276. The number of amidine groups is 1. The van der Waals surface area contributed by atoms with Gasteiger partial charge in [-0.1, -0.05) is 36.0 Å². The lowest BCUT2D eigenvalue weighted by Crippen LogP contribution is -2.41. The summed E-state index contributed by atoms with van der Waals surface area (Å²) in [4.78, 5) is 19.9. The molecule has 7 heteroatoms. The van der Waals surface area contributed by atoms with E-state index in [9.17, 15) is 4.79 Å². The van der Waals surface area contributed by atoms with Crippen LogP contribution >= 0.6 is 11.8 Å². The van der Waals surface area contributed by atoms with Gasteiger partial charge in [0, 0.05) is 24.3 Å². The fourth-order valence-electron chi connectivity index (χ4n) is 4.82. The summed E-state index contributed by atoms with van der Waals surface area (Å²) in [6, 6.07) is 24.7. The number of carbonyl (C=O) groups is 1. The first-order chi connectivity index (χ1) is 17.9. The molecule has 0 atom stereocenters. The molecule has 0 saturated carbocycles. The van der Waals surface area contributed by atoms with Gasteiger partial charge < -0.3 is 9.64 Å². The molecule has 0 fully saturated rings. The maximum absolute atomic E-state index is 12.4. The minimum Gasteiger partial charge on any atom is -0.497 e. The van der Waals surface area contributed by atoms with Crippen LogP contribution in [0.15, 0.2) is 82.9 Å². The Bertz CT molecular complexity index is 1350. The summed E-state index contributed by atoms with van der Waals surface area (Å²) in [5.41, 5.74) is 6.37. The van der Waals surface area contributed by atoms with Gasteiger partial charge in [0.25, 0.3) is 0 Å². The molecule has 3 aromatic rings. The van der Waals surface area contributed by atoms with Gasteiger partial charge in [-0.15, -0.1) is 0 Å². The molecule has 3 aromatic carbocycles. The smallest absolute Gasteiger partial charge is 0.302 e. The summed E-state index contributed by atoms with van der Waals surface area (Å²) in [5.74, 6) is 1.73. The number of hydrazone groups is 1. The Morgan fingerprint density at radius 2 is 1.84 bits per heavy atom. The van der Waals surface area contributed by atoms with Crippen molar-refractivity contribution < 1.29 is 9.53 Å². The number of thioether (sulfide) groups is 1. The van der Waals surface area contributed by atoms with E-state index in [4.69, 9.17) is 14.8 Å². The third kappa shape index (κ3) is 5.14. The van der Waals surface area contributed by atoms with E-state index in [0.717, 1.165) is 59.2 Å². The van der Waals surface area contributed by atoms with Crippen LogP contribution in [0, 0.1) is 0 Å². The molecule has 6 nitrogen and oxygen atoms in total. The zero-order valence-electron chi connectivity index (χ0n) is 21.8. The van der Waals surface area contributed by atoms with Gasteiger partial charge >= 0.3 is 5.24 Å². The molecular formula is C30H32N4O2S. The van der Waals surface area contributed by atoms with Crippen molar-refractivity contribution in [2.45, 2.75) is 38.4 Å². The molecule has 5 rings (SSSR count). The van der Waals surface area contributed by atoms with E-state index in [0.29, 0.717) is 6.54 Å². The molecule has 190 valence electrons. The van der Waals surface area contributed by atoms with Crippen molar-refractivity contribution in [3.05, 3.63) is 89.5 Å². The molecule has 2 aliphatic heterocycles. The van der Waals surface area contributed by atoms with E-state index >= 15 is 0 Å². The molecule has 0 bridgehead atoms. The largest absolute Gasteiger partial charge is 0.497 e. The van der Waals surface area contributed by atoms with Crippen LogP contribution in [-0.2, 0) is 6.42 Å². The van der Waals surface area contributed by atoms with Crippen molar-refractivity contribution in [2.75, 3.05) is 25.1 Å². The topological polar surface area (TPSA) is 57.5 Å². The average Bonchev–Trinajstić information content (AvgIpc) is 2.91. The summed E-state index contributed by atoms with van der Waals surface area (Å²) in [7, 11) is 1.68. The maximum atomic E-state index is 12.4. The van der Waals surface area contributed by atoms with Crippen LogP contribution in [0.2, 0.25) is 0 Å². The standard InChI is InChI=1S/C30H32N4O2S/c1-5-34-29(35)37-30(2,3)27(32-34)23-15-18-26-22(20-23)10-9-19-33(26)28(31-24-11-7-6-8-12-24)21-13-16-25(36-4)17-14-21/h6-8,11-18,20H,5,9-10,19H2,1-4H3/b31-28-. The number of carbonyl (C=O) groups excluding carboxylic acids is 1. The number of aryl methyl sites for hydroxylation is 1. The number of hydrogen-bond acceptors (Lipinski definition) is 5. The molecule has 0 aromatic heterocycles. The van der Waals surface area contributed by atoms with E-state index in [1.807, 2.05) is 49.4 Å². The third-order valence-corrected chi connectivity index (χ3v) is 7.80. The Kier molecular flexibility index (Phi) is 7.07. The van der Waals surface area contributed by atoms with Crippen molar-refractivity contribution in [3.8, 4) is 5.75 Å². The highest BCUT2D eigenvalue weighted by molar-refractivity contribution is 8.15. The second-order valence-corrected chi connectivity index (χ2v) is 11.2. The van der Waals surface area contributed by atoms with Gasteiger partial charge in [-0.2, -0.15) is 5.10 Å². The predicted molar refractivity (Wildman–Crippen MR) is 154 cm³/mol. The van der Waals surface area contributed by atoms with Gasteiger partial charge in [-0.05, 0) is 93.3 Å². The molecule has 37 heavy (non-hydrogen) atoms. The summed E-state index contributed by atoms with van der Waals surface area (Å²) >= 11 is 1.34. The Labute approximate surface area is 223 Å². The SMILES string of the molecule is CCN1N=C(c2ccc3c(c2)CCCN3/C(=N\c2ccccc2)c2ccc(OC)cc2)C(C)(C)SC1=O. The Balaban J connectivity index is 1.57. The zero-order chi connectivity index (χ0) is 26.0. The lowest BCUT2D eigenvalue weighted by atomic mass is 9.93. The second-order valence-electron chi connectivity index (χ2n) is 9.64. The van der Waals surface area contributed by atoms with Crippen LogP contribution in [0.1, 0.15) is 43.9 Å². The second kappa shape index (κ2) is 10.4. The Morgan fingerprint density at radius 3 is 2.54 bits per heavy atom. The third-order valence-electron chi connectivity index (χ3n) is 6.71. The fraction of sp³-hybridized carbons (Fsp3) is 0.300. The van der Waals surface area contributed by atoms with Gasteiger partial charge in [0.05, 0.1) is 23.3 Å². The van der Waals surface area contributed by atoms with Gasteiger partial charge in [-0.3, -0.25) is 4.79 Å². The first-order valence-corrected chi connectivity index (χ1v) is 13.5. The van der Waals surface area contributed by atoms with Crippen molar-refractivity contribution in [2.24, 2.45) is 10.1 Å². The molecule has 0 N–H and O–H groups in total. The van der Waals surface area contributed by atoms with Crippen LogP contribution < -0.4 is 9.64 Å². The van der Waals surface area contributed by atoms with Crippen LogP contribution in [0.4, 0.5) is 16.2 Å². The van der Waals surface area contributed by atoms with E-state index in [-0.39, 0.29) is 5.24 Å². The number of amides is 1.